The molecule has 172 valence electrons. The number of hydrogen-bond donors (Lipinski definition) is 2. The maximum absolute atomic E-state index is 13.4. The number of nitrogens with one attached hydrogen (secondary N) is 2. The van der Waals surface area contributed by atoms with Crippen LogP contribution in [0.15, 0.2) is 83.8 Å². The highest BCUT2D eigenvalue weighted by atomic mass is 32.2. The Morgan fingerprint density at radius 3 is 2.06 bits per heavy atom. The minimum Gasteiger partial charge on any atom is -0.325 e. The first kappa shape index (κ1) is 24.0. The van der Waals surface area contributed by atoms with Gasteiger partial charge in [0, 0.05) is 19.2 Å². The summed E-state index contributed by atoms with van der Waals surface area (Å²) < 4.78 is 27.4. The molecule has 0 aliphatic heterocycles. The zero-order chi connectivity index (χ0) is 24.0. The number of carbonyl (C=O) groups is 2. The van der Waals surface area contributed by atoms with Gasteiger partial charge in [-0.05, 0) is 42.7 Å². The molecule has 0 unspecified atom stereocenters. The zero-order valence-electron chi connectivity index (χ0n) is 18.8. The third kappa shape index (κ3) is 5.98. The van der Waals surface area contributed by atoms with Gasteiger partial charge in [-0.25, -0.2) is 17.9 Å². The minimum atomic E-state index is -4.10. The molecule has 3 amide bonds. The Balaban J connectivity index is 1.83. The second-order valence-corrected chi connectivity index (χ2v) is 9.42. The van der Waals surface area contributed by atoms with Gasteiger partial charge in [0.1, 0.15) is 6.04 Å². The SMILES string of the molecule is Cc1ccccc1N(C)C(=O)[C@H](Cc1ccccc1)NC(=O)NS(=O)(=O)c1ccccc1C. The van der Waals surface area contributed by atoms with E-state index in [1.54, 1.807) is 32.2 Å². The van der Waals surface area contributed by atoms with Crippen LogP contribution in [0.3, 0.4) is 0 Å². The molecule has 1 atom stereocenters. The normalized spacial score (nSPS) is 12.0. The van der Waals surface area contributed by atoms with Crippen molar-refractivity contribution in [2.45, 2.75) is 31.2 Å². The molecule has 7 nitrogen and oxygen atoms in total. The number of urea groups is 1. The fourth-order valence-corrected chi connectivity index (χ4v) is 4.73. The van der Waals surface area contributed by atoms with E-state index in [4.69, 9.17) is 0 Å². The van der Waals surface area contributed by atoms with E-state index in [9.17, 15) is 18.0 Å². The lowest BCUT2D eigenvalue weighted by atomic mass is 10.0. The number of anilines is 1. The van der Waals surface area contributed by atoms with Crippen molar-refractivity contribution in [3.05, 3.63) is 95.6 Å². The molecule has 0 radical (unpaired) electrons. The highest BCUT2D eigenvalue weighted by Crippen LogP contribution is 2.19. The molecule has 0 heterocycles. The summed E-state index contributed by atoms with van der Waals surface area (Å²) in [5.74, 6) is -0.364. The molecule has 3 aromatic carbocycles. The van der Waals surface area contributed by atoms with Gasteiger partial charge in [-0.3, -0.25) is 4.79 Å². The van der Waals surface area contributed by atoms with Crippen LogP contribution in [0.25, 0.3) is 0 Å². The van der Waals surface area contributed by atoms with Gasteiger partial charge < -0.3 is 10.2 Å². The molecule has 0 aliphatic carbocycles. The molecule has 0 saturated heterocycles. The van der Waals surface area contributed by atoms with Gasteiger partial charge in [0.05, 0.1) is 4.90 Å². The van der Waals surface area contributed by atoms with Crippen LogP contribution in [0.4, 0.5) is 10.5 Å². The number of sulfonamides is 1. The van der Waals surface area contributed by atoms with Crippen molar-refractivity contribution in [3.63, 3.8) is 0 Å². The lowest BCUT2D eigenvalue weighted by Crippen LogP contribution is -2.52. The Morgan fingerprint density at radius 2 is 1.42 bits per heavy atom. The summed E-state index contributed by atoms with van der Waals surface area (Å²) in [5.41, 5.74) is 2.94. The van der Waals surface area contributed by atoms with Gasteiger partial charge in [-0.15, -0.1) is 0 Å². The molecule has 3 aromatic rings. The van der Waals surface area contributed by atoms with Crippen molar-refractivity contribution < 1.29 is 18.0 Å². The van der Waals surface area contributed by atoms with E-state index in [-0.39, 0.29) is 17.2 Å². The summed E-state index contributed by atoms with van der Waals surface area (Å²) in [6.45, 7) is 3.53. The lowest BCUT2D eigenvalue weighted by molar-refractivity contribution is -0.120. The molecule has 0 aliphatic rings. The molecule has 8 heteroatoms. The van der Waals surface area contributed by atoms with Crippen LogP contribution in [0.5, 0.6) is 0 Å². The van der Waals surface area contributed by atoms with Crippen LogP contribution in [0.2, 0.25) is 0 Å². The Labute approximate surface area is 194 Å². The predicted molar refractivity (Wildman–Crippen MR) is 129 cm³/mol. The standard InChI is InChI=1S/C25H27N3O4S/c1-18-11-7-9-15-22(18)28(3)24(29)21(17-20-13-5-4-6-14-20)26-25(30)27-33(31,32)23-16-10-8-12-19(23)2/h4-16,21H,17H2,1-3H3,(H2,26,27,30)/t21-/m0/s1. The van der Waals surface area contributed by atoms with Gasteiger partial charge in [-0.2, -0.15) is 0 Å². The molecule has 0 bridgehead atoms. The van der Waals surface area contributed by atoms with E-state index < -0.39 is 22.1 Å². The predicted octanol–water partition coefficient (Wildman–Crippen LogP) is 3.57. The van der Waals surface area contributed by atoms with Gasteiger partial charge in [0.25, 0.3) is 10.0 Å². The van der Waals surface area contributed by atoms with Crippen LogP contribution < -0.4 is 14.9 Å². The smallest absolute Gasteiger partial charge is 0.325 e. The summed E-state index contributed by atoms with van der Waals surface area (Å²) >= 11 is 0. The summed E-state index contributed by atoms with van der Waals surface area (Å²) in [6, 6.07) is 21.0. The molecule has 0 fully saturated rings. The summed E-state index contributed by atoms with van der Waals surface area (Å²) in [5, 5.41) is 2.56. The number of amides is 3. The second kappa shape index (κ2) is 10.3. The fraction of sp³-hybridized carbons (Fsp3) is 0.200. The molecule has 0 saturated carbocycles. The van der Waals surface area contributed by atoms with Crippen molar-refractivity contribution in [3.8, 4) is 0 Å². The topological polar surface area (TPSA) is 95.6 Å². The van der Waals surface area contributed by atoms with E-state index >= 15 is 0 Å². The minimum absolute atomic E-state index is 0.00288. The van der Waals surface area contributed by atoms with Crippen LogP contribution in [-0.4, -0.2) is 33.4 Å². The number of carbonyl (C=O) groups excluding carboxylic acids is 2. The van der Waals surface area contributed by atoms with Crippen LogP contribution in [0, 0.1) is 13.8 Å². The van der Waals surface area contributed by atoms with Crippen molar-refractivity contribution in [1.82, 2.24) is 10.0 Å². The van der Waals surface area contributed by atoms with Crippen molar-refractivity contribution in [2.24, 2.45) is 0 Å². The molecule has 0 spiro atoms. The molecule has 3 rings (SSSR count). The highest BCUT2D eigenvalue weighted by Gasteiger charge is 2.28. The average molecular weight is 466 g/mol. The molecule has 0 aromatic heterocycles. The molecule has 33 heavy (non-hydrogen) atoms. The Morgan fingerprint density at radius 1 is 0.848 bits per heavy atom. The fourth-order valence-electron chi connectivity index (χ4n) is 3.56. The number of likely N-dealkylation sites (N-methyl/N-ethyl adjacent to an activating group) is 1. The van der Waals surface area contributed by atoms with E-state index in [2.05, 4.69) is 5.32 Å². The lowest BCUT2D eigenvalue weighted by Gasteiger charge is -2.26. The largest absolute Gasteiger partial charge is 0.329 e. The Bertz CT molecular complexity index is 1240. The Kier molecular flexibility index (Phi) is 7.50. The van der Waals surface area contributed by atoms with Crippen LogP contribution in [-0.2, 0) is 21.2 Å². The first-order chi connectivity index (χ1) is 15.7. The first-order valence-electron chi connectivity index (χ1n) is 10.4. The zero-order valence-corrected chi connectivity index (χ0v) is 19.6. The van der Waals surface area contributed by atoms with Crippen molar-refractivity contribution in [1.29, 1.82) is 0 Å². The van der Waals surface area contributed by atoms with Crippen molar-refractivity contribution in [2.75, 3.05) is 11.9 Å². The average Bonchev–Trinajstić information content (AvgIpc) is 2.78. The van der Waals surface area contributed by atoms with E-state index in [1.165, 1.54) is 11.0 Å². The maximum Gasteiger partial charge on any atom is 0.329 e. The van der Waals surface area contributed by atoms with Gasteiger partial charge >= 0.3 is 6.03 Å². The summed E-state index contributed by atoms with van der Waals surface area (Å²) in [6.07, 6.45) is 0.202. The second-order valence-electron chi connectivity index (χ2n) is 7.77. The van der Waals surface area contributed by atoms with E-state index in [1.807, 2.05) is 66.2 Å². The molecule has 2 N–H and O–H groups in total. The van der Waals surface area contributed by atoms with Gasteiger partial charge in [0.15, 0.2) is 0 Å². The van der Waals surface area contributed by atoms with E-state index in [0.717, 1.165) is 11.1 Å². The van der Waals surface area contributed by atoms with Crippen LogP contribution in [0.1, 0.15) is 16.7 Å². The Hall–Kier alpha value is -3.65. The number of rotatable bonds is 7. The van der Waals surface area contributed by atoms with Crippen molar-refractivity contribution >= 4 is 27.6 Å². The molecular weight excluding hydrogens is 438 g/mol. The van der Waals surface area contributed by atoms with Gasteiger partial charge in [-0.1, -0.05) is 66.7 Å². The highest BCUT2D eigenvalue weighted by molar-refractivity contribution is 7.90. The maximum atomic E-state index is 13.4. The number of aryl methyl sites for hydroxylation is 2. The quantitative estimate of drug-likeness (QED) is 0.558. The number of hydrogen-bond acceptors (Lipinski definition) is 4. The van der Waals surface area contributed by atoms with Gasteiger partial charge in [0.2, 0.25) is 5.91 Å². The third-order valence-corrected chi connectivity index (χ3v) is 6.79. The number of nitrogens with zero attached hydrogens (tertiary/aromatic N) is 1. The first-order valence-corrected chi connectivity index (χ1v) is 11.9. The summed E-state index contributed by atoms with van der Waals surface area (Å²) in [4.78, 5) is 27.5. The molecular formula is C25H27N3O4S. The monoisotopic (exact) mass is 465 g/mol. The summed E-state index contributed by atoms with van der Waals surface area (Å²) in [7, 11) is -2.47. The number of para-hydroxylation sites is 1. The van der Waals surface area contributed by atoms with E-state index in [0.29, 0.717) is 11.3 Å². The van der Waals surface area contributed by atoms with Crippen LogP contribution >= 0.6 is 0 Å². The third-order valence-electron chi connectivity index (χ3n) is 5.30. The number of benzene rings is 3.